The molecule has 146 valence electrons. The molecule has 0 spiro atoms. The van der Waals surface area contributed by atoms with Gasteiger partial charge in [0.15, 0.2) is 5.82 Å². The van der Waals surface area contributed by atoms with Crippen molar-refractivity contribution >= 4 is 22.1 Å². The fourth-order valence-corrected chi connectivity index (χ4v) is 4.01. The lowest BCUT2D eigenvalue weighted by Gasteiger charge is -2.07. The Balaban J connectivity index is 1.67. The largest absolute Gasteiger partial charge is 0.291 e. The van der Waals surface area contributed by atoms with E-state index in [0.29, 0.717) is 5.82 Å². The van der Waals surface area contributed by atoms with Gasteiger partial charge in [0.1, 0.15) is 11.2 Å². The fourth-order valence-electron chi connectivity index (χ4n) is 4.01. The molecule has 3 heterocycles. The van der Waals surface area contributed by atoms with Crippen LogP contribution in [0.3, 0.4) is 0 Å². The topological polar surface area (TPSA) is 43.6 Å². The van der Waals surface area contributed by atoms with E-state index in [1.165, 1.54) is 0 Å². The van der Waals surface area contributed by atoms with Gasteiger partial charge in [-0.25, -0.2) is 15.0 Å². The monoisotopic (exact) mass is 398 g/mol. The van der Waals surface area contributed by atoms with Crippen molar-refractivity contribution in [2.75, 3.05) is 0 Å². The van der Waals surface area contributed by atoms with Crippen molar-refractivity contribution in [2.24, 2.45) is 0 Å². The Morgan fingerprint density at radius 3 is 1.94 bits per heavy atom. The number of fused-ring (bicyclic) bond motifs is 3. The van der Waals surface area contributed by atoms with Gasteiger partial charge in [0, 0.05) is 28.4 Å². The zero-order chi connectivity index (χ0) is 20.6. The highest BCUT2D eigenvalue weighted by molar-refractivity contribution is 6.06. The molecule has 0 aliphatic heterocycles. The first kappa shape index (κ1) is 17.5. The Morgan fingerprint density at radius 2 is 1.23 bits per heavy atom. The van der Waals surface area contributed by atoms with Crippen molar-refractivity contribution in [1.82, 2.24) is 19.5 Å². The Labute approximate surface area is 179 Å². The van der Waals surface area contributed by atoms with Gasteiger partial charge in [0.25, 0.3) is 0 Å². The molecule has 3 aromatic heterocycles. The second-order valence-electron chi connectivity index (χ2n) is 7.43. The van der Waals surface area contributed by atoms with Crippen LogP contribution < -0.4 is 0 Å². The molecule has 6 aromatic rings. The number of aromatic nitrogens is 4. The molecule has 31 heavy (non-hydrogen) atoms. The van der Waals surface area contributed by atoms with E-state index >= 15 is 0 Å². The van der Waals surface area contributed by atoms with Crippen LogP contribution in [-0.4, -0.2) is 19.5 Å². The zero-order valence-corrected chi connectivity index (χ0v) is 16.7. The standard InChI is InChI=1S/C27H18N4/c1-4-10-19(11-5-1)21-16-23-25-24(18-28-26(30-25)20-12-6-2-7-13-20)31(27(23)29-17-21)22-14-8-3-9-15-22/h1-18H. The summed E-state index contributed by atoms with van der Waals surface area (Å²) in [6, 6.07) is 32.8. The lowest BCUT2D eigenvalue weighted by molar-refractivity contribution is 1.12. The highest BCUT2D eigenvalue weighted by Gasteiger charge is 2.17. The third kappa shape index (κ3) is 2.97. The molecule has 3 aromatic carbocycles. The molecule has 0 fully saturated rings. The maximum Gasteiger partial charge on any atom is 0.159 e. The second kappa shape index (κ2) is 7.18. The number of hydrogen-bond acceptors (Lipinski definition) is 3. The summed E-state index contributed by atoms with van der Waals surface area (Å²) in [5.74, 6) is 0.713. The molecular formula is C27H18N4. The summed E-state index contributed by atoms with van der Waals surface area (Å²) in [5, 5.41) is 1.01. The van der Waals surface area contributed by atoms with E-state index in [-0.39, 0.29) is 0 Å². The number of hydrogen-bond donors (Lipinski definition) is 0. The van der Waals surface area contributed by atoms with Crippen molar-refractivity contribution in [3.8, 4) is 28.2 Å². The molecule has 0 saturated heterocycles. The Morgan fingerprint density at radius 1 is 0.581 bits per heavy atom. The lowest BCUT2D eigenvalue weighted by atomic mass is 10.1. The van der Waals surface area contributed by atoms with Crippen molar-refractivity contribution in [1.29, 1.82) is 0 Å². The quantitative estimate of drug-likeness (QED) is 0.351. The summed E-state index contributed by atoms with van der Waals surface area (Å²) in [6.45, 7) is 0. The van der Waals surface area contributed by atoms with E-state index in [0.717, 1.165) is 44.4 Å². The van der Waals surface area contributed by atoms with Gasteiger partial charge in [0.05, 0.1) is 11.7 Å². The summed E-state index contributed by atoms with van der Waals surface area (Å²) >= 11 is 0. The molecule has 0 bridgehead atoms. The van der Waals surface area contributed by atoms with Crippen LogP contribution >= 0.6 is 0 Å². The molecule has 6 rings (SSSR count). The lowest BCUT2D eigenvalue weighted by Crippen LogP contribution is -1.96. The minimum absolute atomic E-state index is 0.713. The van der Waals surface area contributed by atoms with E-state index in [4.69, 9.17) is 9.97 Å². The molecule has 0 N–H and O–H groups in total. The van der Waals surface area contributed by atoms with Crippen LogP contribution in [-0.2, 0) is 0 Å². The Hall–Kier alpha value is -4.31. The third-order valence-corrected chi connectivity index (χ3v) is 5.50. The van der Waals surface area contributed by atoms with Gasteiger partial charge in [-0.05, 0) is 23.8 Å². The first-order chi connectivity index (χ1) is 15.4. The van der Waals surface area contributed by atoms with Crippen molar-refractivity contribution in [2.45, 2.75) is 0 Å². The normalized spacial score (nSPS) is 11.2. The van der Waals surface area contributed by atoms with Gasteiger partial charge in [-0.3, -0.25) is 4.57 Å². The van der Waals surface area contributed by atoms with E-state index in [1.807, 2.05) is 79.1 Å². The van der Waals surface area contributed by atoms with Gasteiger partial charge in [-0.15, -0.1) is 0 Å². The third-order valence-electron chi connectivity index (χ3n) is 5.50. The molecule has 0 aliphatic rings. The van der Waals surface area contributed by atoms with Crippen molar-refractivity contribution < 1.29 is 0 Å². The first-order valence-corrected chi connectivity index (χ1v) is 10.2. The van der Waals surface area contributed by atoms with Crippen LogP contribution in [0.1, 0.15) is 0 Å². The number of nitrogens with zero attached hydrogens (tertiary/aromatic N) is 4. The predicted molar refractivity (Wildman–Crippen MR) is 125 cm³/mol. The Kier molecular flexibility index (Phi) is 4.06. The molecule has 0 atom stereocenters. The smallest absolute Gasteiger partial charge is 0.159 e. The maximum absolute atomic E-state index is 4.98. The van der Waals surface area contributed by atoms with Gasteiger partial charge in [-0.1, -0.05) is 78.9 Å². The van der Waals surface area contributed by atoms with Crippen LogP contribution in [0.2, 0.25) is 0 Å². The summed E-state index contributed by atoms with van der Waals surface area (Å²) in [6.07, 6.45) is 3.84. The molecule has 0 saturated carbocycles. The first-order valence-electron chi connectivity index (χ1n) is 10.2. The van der Waals surface area contributed by atoms with Crippen LogP contribution in [0.25, 0.3) is 50.3 Å². The number of benzene rings is 3. The maximum atomic E-state index is 4.98. The molecule has 0 amide bonds. The molecule has 4 heteroatoms. The fraction of sp³-hybridized carbons (Fsp3) is 0. The average molecular weight is 398 g/mol. The van der Waals surface area contributed by atoms with Crippen LogP contribution in [0.15, 0.2) is 109 Å². The molecule has 0 unspecified atom stereocenters. The van der Waals surface area contributed by atoms with E-state index in [9.17, 15) is 0 Å². The minimum Gasteiger partial charge on any atom is -0.291 e. The summed E-state index contributed by atoms with van der Waals surface area (Å²) in [4.78, 5) is 14.5. The summed E-state index contributed by atoms with van der Waals surface area (Å²) in [5.41, 5.74) is 6.96. The van der Waals surface area contributed by atoms with Crippen molar-refractivity contribution in [3.63, 3.8) is 0 Å². The van der Waals surface area contributed by atoms with Crippen LogP contribution in [0.4, 0.5) is 0 Å². The highest BCUT2D eigenvalue weighted by atomic mass is 15.1. The van der Waals surface area contributed by atoms with Crippen LogP contribution in [0.5, 0.6) is 0 Å². The molecule has 0 aliphatic carbocycles. The minimum atomic E-state index is 0.713. The molecule has 0 radical (unpaired) electrons. The van der Waals surface area contributed by atoms with E-state index in [1.54, 1.807) is 0 Å². The van der Waals surface area contributed by atoms with E-state index in [2.05, 4.69) is 39.9 Å². The van der Waals surface area contributed by atoms with E-state index < -0.39 is 0 Å². The molecular weight excluding hydrogens is 380 g/mol. The van der Waals surface area contributed by atoms with Gasteiger partial charge in [0.2, 0.25) is 0 Å². The van der Waals surface area contributed by atoms with Gasteiger partial charge < -0.3 is 0 Å². The number of para-hydroxylation sites is 1. The highest BCUT2D eigenvalue weighted by Crippen LogP contribution is 2.33. The average Bonchev–Trinajstić information content (AvgIpc) is 3.18. The van der Waals surface area contributed by atoms with Crippen molar-refractivity contribution in [3.05, 3.63) is 109 Å². The molecule has 4 nitrogen and oxygen atoms in total. The summed E-state index contributed by atoms with van der Waals surface area (Å²) < 4.78 is 2.13. The Bertz CT molecular complexity index is 1410. The van der Waals surface area contributed by atoms with Crippen LogP contribution in [0, 0.1) is 0 Å². The van der Waals surface area contributed by atoms with Gasteiger partial charge in [-0.2, -0.15) is 0 Å². The predicted octanol–water partition coefficient (Wildman–Crippen LogP) is 6.30. The zero-order valence-electron chi connectivity index (χ0n) is 16.7. The SMILES string of the molecule is c1ccc(-c2cnc3c(c2)c2nc(-c4ccccc4)ncc2n3-c2ccccc2)cc1. The van der Waals surface area contributed by atoms with Gasteiger partial charge >= 0.3 is 0 Å². The second-order valence-corrected chi connectivity index (χ2v) is 7.43. The summed E-state index contributed by atoms with van der Waals surface area (Å²) in [7, 11) is 0. The number of rotatable bonds is 3. The number of pyridine rings is 1.